The Morgan fingerprint density at radius 1 is 0.635 bits per heavy atom. The van der Waals surface area contributed by atoms with E-state index in [0.717, 1.165) is 46.5 Å². The van der Waals surface area contributed by atoms with E-state index in [9.17, 15) is 19.8 Å². The summed E-state index contributed by atoms with van der Waals surface area (Å²) in [5.41, 5.74) is 4.47. The Hall–Kier alpha value is -6.56. The van der Waals surface area contributed by atoms with Gasteiger partial charge in [0.1, 0.15) is 0 Å². The van der Waals surface area contributed by atoms with Crippen LogP contribution < -0.4 is 20.6 Å². The molecule has 0 radical (unpaired) electrons. The van der Waals surface area contributed by atoms with Crippen LogP contribution >= 0.6 is 0 Å². The molecule has 268 valence electrons. The number of nitrogens with zero attached hydrogens (tertiary/aromatic N) is 4. The third-order valence-corrected chi connectivity index (χ3v) is 8.09. The largest absolute Gasteiger partial charge is 0.504 e. The minimum atomic E-state index is -0.0894. The van der Waals surface area contributed by atoms with Gasteiger partial charge in [-0.1, -0.05) is 63.1 Å². The molecule has 0 fully saturated rings. The first-order chi connectivity index (χ1) is 25.3. The van der Waals surface area contributed by atoms with Crippen molar-refractivity contribution in [2.75, 3.05) is 14.2 Å². The zero-order valence-corrected chi connectivity index (χ0v) is 29.5. The number of nitrogens with one attached hydrogen (secondary N) is 2. The third-order valence-electron chi connectivity index (χ3n) is 8.09. The summed E-state index contributed by atoms with van der Waals surface area (Å²) in [5, 5.41) is 25.7. The van der Waals surface area contributed by atoms with E-state index in [1.54, 1.807) is 60.9 Å². The molecule has 12 nitrogen and oxygen atoms in total. The van der Waals surface area contributed by atoms with Crippen molar-refractivity contribution in [2.45, 2.75) is 39.5 Å². The number of hydrogen-bond donors (Lipinski definition) is 4. The number of phenolic OH excluding ortho intramolecular Hbond substituents is 2. The maximum atomic E-state index is 12.7. The summed E-state index contributed by atoms with van der Waals surface area (Å²) in [7, 11) is 3.01. The van der Waals surface area contributed by atoms with Crippen molar-refractivity contribution in [3.8, 4) is 34.6 Å². The number of aromatic hydroxyl groups is 2. The molecule has 0 aliphatic rings. The van der Waals surface area contributed by atoms with E-state index in [-0.39, 0.29) is 22.6 Å². The van der Waals surface area contributed by atoms with Crippen LogP contribution in [0.5, 0.6) is 23.0 Å². The molecule has 6 aromatic rings. The van der Waals surface area contributed by atoms with Gasteiger partial charge >= 0.3 is 0 Å². The highest BCUT2D eigenvalue weighted by Gasteiger charge is 2.15. The van der Waals surface area contributed by atoms with Crippen molar-refractivity contribution in [2.24, 2.45) is 0 Å². The van der Waals surface area contributed by atoms with Gasteiger partial charge in [-0.3, -0.25) is 19.8 Å². The molecule has 2 aromatic carbocycles. The lowest BCUT2D eigenvalue weighted by molar-refractivity contribution is 0.373. The summed E-state index contributed by atoms with van der Waals surface area (Å²) in [5.74, 6) is 2.10. The average molecular weight is 703 g/mol. The number of H-pyrrole nitrogens is 2. The van der Waals surface area contributed by atoms with E-state index in [0.29, 0.717) is 36.0 Å². The number of methoxy groups -OCH3 is 2. The molecule has 0 atom stereocenters. The molecule has 4 N–H and O–H groups in total. The summed E-state index contributed by atoms with van der Waals surface area (Å²) in [4.78, 5) is 34.0. The molecule has 0 amide bonds. The van der Waals surface area contributed by atoms with Gasteiger partial charge in [0.15, 0.2) is 34.6 Å². The van der Waals surface area contributed by atoms with Crippen LogP contribution in [0.2, 0.25) is 0 Å². The van der Waals surface area contributed by atoms with Crippen molar-refractivity contribution in [3.05, 3.63) is 140 Å². The lowest BCUT2D eigenvalue weighted by Crippen LogP contribution is -2.18. The molecule has 4 aromatic heterocycles. The zero-order chi connectivity index (χ0) is 37.0. The first-order valence-corrected chi connectivity index (χ1v) is 16.9. The fourth-order valence-corrected chi connectivity index (χ4v) is 5.49. The Balaban J connectivity index is 0.000000201. The Morgan fingerprint density at radius 3 is 1.40 bits per heavy atom. The van der Waals surface area contributed by atoms with Gasteiger partial charge < -0.3 is 19.7 Å². The maximum absolute atomic E-state index is 12.7. The summed E-state index contributed by atoms with van der Waals surface area (Å²) >= 11 is 0. The smallest absolute Gasteiger partial charge is 0.276 e. The Bertz CT molecular complexity index is 2100. The normalized spacial score (nSPS) is 11.2. The van der Waals surface area contributed by atoms with Gasteiger partial charge in [-0.15, -0.1) is 0 Å². The number of rotatable bonds is 12. The van der Waals surface area contributed by atoms with Crippen molar-refractivity contribution < 1.29 is 19.7 Å². The van der Waals surface area contributed by atoms with Gasteiger partial charge in [-0.2, -0.15) is 0 Å². The van der Waals surface area contributed by atoms with Crippen LogP contribution in [-0.4, -0.2) is 54.0 Å². The van der Waals surface area contributed by atoms with Crippen molar-refractivity contribution in [1.82, 2.24) is 29.5 Å². The molecule has 0 aliphatic heterocycles. The highest BCUT2D eigenvalue weighted by molar-refractivity contribution is 5.71. The summed E-state index contributed by atoms with van der Waals surface area (Å²) < 4.78 is 13.2. The number of aromatic nitrogens is 6. The second kappa shape index (κ2) is 17.4. The minimum Gasteiger partial charge on any atom is -0.504 e. The van der Waals surface area contributed by atoms with Gasteiger partial charge in [0.25, 0.3) is 11.1 Å². The molecule has 0 aliphatic carbocycles. The number of hydrogen-bond acceptors (Lipinski definition) is 8. The fraction of sp³-hybridized carbons (Fsp3) is 0.200. The molecule has 0 bridgehead atoms. The quantitative estimate of drug-likeness (QED) is 0.108. The van der Waals surface area contributed by atoms with E-state index in [1.807, 2.05) is 62.4 Å². The van der Waals surface area contributed by atoms with Crippen LogP contribution in [0.25, 0.3) is 35.9 Å². The topological polar surface area (TPSA) is 160 Å². The highest BCUT2D eigenvalue weighted by Crippen LogP contribution is 2.28. The Labute approximate surface area is 301 Å². The Morgan fingerprint density at radius 2 is 1.06 bits per heavy atom. The van der Waals surface area contributed by atoms with E-state index in [4.69, 9.17) is 9.47 Å². The highest BCUT2D eigenvalue weighted by atomic mass is 16.5. The number of ether oxygens (including phenoxy) is 2. The van der Waals surface area contributed by atoms with E-state index < -0.39 is 0 Å². The first-order valence-electron chi connectivity index (χ1n) is 16.9. The maximum Gasteiger partial charge on any atom is 0.276 e. The van der Waals surface area contributed by atoms with Crippen LogP contribution in [0.1, 0.15) is 60.3 Å². The number of aromatic amines is 2. The van der Waals surface area contributed by atoms with Crippen LogP contribution in [0.3, 0.4) is 0 Å². The zero-order valence-electron chi connectivity index (χ0n) is 29.5. The molecule has 12 heteroatoms. The first kappa shape index (κ1) is 36.7. The average Bonchev–Trinajstić information content (AvgIpc) is 3.66. The molecule has 4 heterocycles. The van der Waals surface area contributed by atoms with Crippen LogP contribution in [0.4, 0.5) is 0 Å². The molecular formula is C40H42N6O6. The summed E-state index contributed by atoms with van der Waals surface area (Å²) in [6, 6.07) is 21.0. The number of benzene rings is 2. The second-order valence-electron chi connectivity index (χ2n) is 11.7. The van der Waals surface area contributed by atoms with Crippen LogP contribution in [-0.2, 0) is 12.8 Å². The van der Waals surface area contributed by atoms with E-state index in [2.05, 4.69) is 20.2 Å². The SMILES string of the molecule is CCCc1c(C=Cc2ccc(O)c(OC)c2)[nH]n(-c2ccccn2)c1=O.CCCc1c(C=Cc2ccc(O)c(OC)c2)[nH]n(-c2ccccn2)c1=O. The van der Waals surface area contributed by atoms with Crippen LogP contribution in [0.15, 0.2) is 94.8 Å². The molecule has 0 unspecified atom stereocenters. The van der Waals surface area contributed by atoms with Crippen molar-refractivity contribution in [3.63, 3.8) is 0 Å². The Kier molecular flexibility index (Phi) is 12.3. The molecule has 0 saturated heterocycles. The van der Waals surface area contributed by atoms with Gasteiger partial charge in [0.2, 0.25) is 0 Å². The van der Waals surface area contributed by atoms with Gasteiger partial charge in [0, 0.05) is 23.5 Å². The van der Waals surface area contributed by atoms with Gasteiger partial charge in [0.05, 0.1) is 25.6 Å². The van der Waals surface area contributed by atoms with Gasteiger partial charge in [-0.05, 0) is 84.7 Å². The summed E-state index contributed by atoms with van der Waals surface area (Å²) in [6.45, 7) is 4.08. The van der Waals surface area contributed by atoms with Crippen molar-refractivity contribution >= 4 is 24.3 Å². The lowest BCUT2D eigenvalue weighted by atomic mass is 10.1. The number of phenols is 2. The lowest BCUT2D eigenvalue weighted by Gasteiger charge is -2.03. The molecular weight excluding hydrogens is 660 g/mol. The monoisotopic (exact) mass is 702 g/mol. The molecule has 0 spiro atoms. The standard InChI is InChI=1S/2C20H21N3O3/c2*1-3-6-15-16(10-8-14-9-11-17(24)18(13-14)26-2)22-23(20(15)25)19-7-4-5-12-21-19/h2*4-5,7-13,22,24H,3,6H2,1-2H3. The van der Waals surface area contributed by atoms with Crippen molar-refractivity contribution in [1.29, 1.82) is 0 Å². The minimum absolute atomic E-state index is 0.0889. The van der Waals surface area contributed by atoms with Crippen LogP contribution in [0, 0.1) is 0 Å². The molecule has 6 rings (SSSR count). The predicted octanol–water partition coefficient (Wildman–Crippen LogP) is 6.80. The molecule has 0 saturated carbocycles. The number of pyridine rings is 2. The second-order valence-corrected chi connectivity index (χ2v) is 11.7. The van der Waals surface area contributed by atoms with Gasteiger partial charge in [-0.25, -0.2) is 19.3 Å². The van der Waals surface area contributed by atoms with E-state index in [1.165, 1.54) is 23.6 Å². The van der Waals surface area contributed by atoms with E-state index >= 15 is 0 Å². The predicted molar refractivity (Wildman–Crippen MR) is 204 cm³/mol. The fourth-order valence-electron chi connectivity index (χ4n) is 5.49. The molecule has 52 heavy (non-hydrogen) atoms. The third kappa shape index (κ3) is 8.59. The summed E-state index contributed by atoms with van der Waals surface area (Å²) in [6.07, 6.45) is 13.8.